The second kappa shape index (κ2) is 8.53. The van der Waals surface area contributed by atoms with Gasteiger partial charge in [-0.1, -0.05) is 6.07 Å². The van der Waals surface area contributed by atoms with Crippen LogP contribution in [-0.4, -0.2) is 49.6 Å². The van der Waals surface area contributed by atoms with Crippen molar-refractivity contribution in [3.63, 3.8) is 0 Å². The van der Waals surface area contributed by atoms with Crippen LogP contribution in [0.4, 0.5) is 5.69 Å². The minimum Gasteiger partial charge on any atom is -0.484 e. The van der Waals surface area contributed by atoms with Gasteiger partial charge in [-0.25, -0.2) is 0 Å². The third kappa shape index (κ3) is 4.96. The van der Waals surface area contributed by atoms with E-state index in [1.54, 1.807) is 29.2 Å². The molecule has 0 radical (unpaired) electrons. The van der Waals surface area contributed by atoms with Gasteiger partial charge in [-0.2, -0.15) is 0 Å². The van der Waals surface area contributed by atoms with Gasteiger partial charge in [0.25, 0.3) is 5.91 Å². The first-order valence-corrected chi connectivity index (χ1v) is 8.03. The van der Waals surface area contributed by atoms with E-state index in [1.807, 2.05) is 13.8 Å². The molecule has 1 N–H and O–H groups in total. The minimum atomic E-state index is -0.0937. The maximum atomic E-state index is 12.1. The Morgan fingerprint density at radius 1 is 1.35 bits per heavy atom. The third-order valence-electron chi connectivity index (χ3n) is 3.88. The molecule has 6 nitrogen and oxygen atoms in total. The lowest BCUT2D eigenvalue weighted by atomic mass is 10.1. The van der Waals surface area contributed by atoms with Crippen LogP contribution in [0, 0.1) is 5.92 Å². The molecule has 1 heterocycles. The Morgan fingerprint density at radius 2 is 2.13 bits per heavy atom. The van der Waals surface area contributed by atoms with Crippen molar-refractivity contribution in [3.05, 3.63) is 24.3 Å². The molecule has 1 aromatic carbocycles. The summed E-state index contributed by atoms with van der Waals surface area (Å²) in [5.41, 5.74) is 0.662. The molecule has 1 aromatic rings. The Bertz CT molecular complexity index is 537. The van der Waals surface area contributed by atoms with Crippen LogP contribution in [0.15, 0.2) is 24.3 Å². The summed E-state index contributed by atoms with van der Waals surface area (Å²) in [7, 11) is 0. The monoisotopic (exact) mass is 320 g/mol. The summed E-state index contributed by atoms with van der Waals surface area (Å²) < 4.78 is 10.8. The van der Waals surface area contributed by atoms with Crippen molar-refractivity contribution in [1.82, 2.24) is 4.90 Å². The second-order valence-electron chi connectivity index (χ2n) is 5.43. The van der Waals surface area contributed by atoms with Gasteiger partial charge in [0.05, 0.1) is 12.5 Å². The molecule has 2 rings (SSSR count). The Kier molecular flexibility index (Phi) is 6.40. The van der Waals surface area contributed by atoms with Gasteiger partial charge in [-0.05, 0) is 32.4 Å². The zero-order valence-electron chi connectivity index (χ0n) is 13.7. The molecule has 23 heavy (non-hydrogen) atoms. The number of carbonyl (C=O) groups is 2. The summed E-state index contributed by atoms with van der Waals surface area (Å²) in [6.45, 7) is 6.30. The van der Waals surface area contributed by atoms with Crippen molar-refractivity contribution in [1.29, 1.82) is 0 Å². The van der Waals surface area contributed by atoms with Crippen molar-refractivity contribution >= 4 is 17.5 Å². The standard InChI is InChI=1S/C17H24N2O4/c1-3-19(4-2)16(20)12-23-15-7-5-6-14(10-15)18-17(21)13-8-9-22-11-13/h5-7,10,13H,3-4,8-9,11-12H2,1-2H3,(H,18,21). The minimum absolute atomic E-state index is 0.00442. The van der Waals surface area contributed by atoms with Gasteiger partial charge in [0.1, 0.15) is 5.75 Å². The Balaban J connectivity index is 1.89. The first-order valence-electron chi connectivity index (χ1n) is 8.03. The van der Waals surface area contributed by atoms with E-state index in [2.05, 4.69) is 5.32 Å². The number of likely N-dealkylation sites (N-methyl/N-ethyl adjacent to an activating group) is 1. The molecule has 1 unspecified atom stereocenters. The van der Waals surface area contributed by atoms with Crippen LogP contribution in [0.2, 0.25) is 0 Å². The zero-order chi connectivity index (χ0) is 16.7. The van der Waals surface area contributed by atoms with Gasteiger partial charge in [0, 0.05) is 31.5 Å². The van der Waals surface area contributed by atoms with Gasteiger partial charge >= 0.3 is 0 Å². The van der Waals surface area contributed by atoms with E-state index >= 15 is 0 Å². The highest BCUT2D eigenvalue weighted by molar-refractivity contribution is 5.93. The number of ether oxygens (including phenoxy) is 2. The number of nitrogens with one attached hydrogen (secondary N) is 1. The summed E-state index contributed by atoms with van der Waals surface area (Å²) in [4.78, 5) is 25.7. The molecule has 2 amide bonds. The van der Waals surface area contributed by atoms with Crippen LogP contribution in [0.3, 0.4) is 0 Å². The van der Waals surface area contributed by atoms with Crippen LogP contribution in [-0.2, 0) is 14.3 Å². The number of benzene rings is 1. The fourth-order valence-corrected chi connectivity index (χ4v) is 2.46. The summed E-state index contributed by atoms with van der Waals surface area (Å²) in [6.07, 6.45) is 0.750. The van der Waals surface area contributed by atoms with Crippen molar-refractivity contribution in [2.75, 3.05) is 38.2 Å². The topological polar surface area (TPSA) is 67.9 Å². The lowest BCUT2D eigenvalue weighted by Crippen LogP contribution is -2.34. The number of amides is 2. The molecule has 1 atom stereocenters. The predicted molar refractivity (Wildman–Crippen MR) is 87.4 cm³/mol. The molecule has 126 valence electrons. The Labute approximate surface area is 136 Å². The largest absolute Gasteiger partial charge is 0.484 e. The van der Waals surface area contributed by atoms with Crippen LogP contribution in [0.1, 0.15) is 20.3 Å². The molecule has 0 bridgehead atoms. The highest BCUT2D eigenvalue weighted by Gasteiger charge is 2.23. The SMILES string of the molecule is CCN(CC)C(=O)COc1cccc(NC(=O)C2CCOC2)c1. The molecule has 1 aliphatic heterocycles. The van der Waals surface area contributed by atoms with Crippen molar-refractivity contribution in [3.8, 4) is 5.75 Å². The van der Waals surface area contributed by atoms with E-state index in [4.69, 9.17) is 9.47 Å². The number of hydrogen-bond donors (Lipinski definition) is 1. The summed E-state index contributed by atoms with van der Waals surface area (Å²) in [5.74, 6) is 0.376. The number of hydrogen-bond acceptors (Lipinski definition) is 4. The Morgan fingerprint density at radius 3 is 2.78 bits per heavy atom. The van der Waals surface area contributed by atoms with Crippen LogP contribution in [0.25, 0.3) is 0 Å². The molecule has 0 aliphatic carbocycles. The molecule has 1 saturated heterocycles. The van der Waals surface area contributed by atoms with Crippen molar-refractivity contribution < 1.29 is 19.1 Å². The molecule has 0 saturated carbocycles. The average Bonchev–Trinajstić information content (AvgIpc) is 3.09. The van der Waals surface area contributed by atoms with E-state index in [9.17, 15) is 9.59 Å². The molecule has 1 fully saturated rings. The van der Waals surface area contributed by atoms with E-state index in [1.165, 1.54) is 0 Å². The first kappa shape index (κ1) is 17.3. The summed E-state index contributed by atoms with van der Waals surface area (Å²) in [6, 6.07) is 7.08. The summed E-state index contributed by atoms with van der Waals surface area (Å²) >= 11 is 0. The molecule has 0 spiro atoms. The van der Waals surface area contributed by atoms with Crippen LogP contribution < -0.4 is 10.1 Å². The number of nitrogens with zero attached hydrogens (tertiary/aromatic N) is 1. The maximum Gasteiger partial charge on any atom is 0.260 e. The van der Waals surface area contributed by atoms with Gasteiger partial charge in [0.2, 0.25) is 5.91 Å². The van der Waals surface area contributed by atoms with E-state index in [0.29, 0.717) is 37.7 Å². The van der Waals surface area contributed by atoms with Gasteiger partial charge in [-0.15, -0.1) is 0 Å². The van der Waals surface area contributed by atoms with Crippen LogP contribution in [0.5, 0.6) is 5.75 Å². The number of rotatable bonds is 7. The fraction of sp³-hybridized carbons (Fsp3) is 0.529. The average molecular weight is 320 g/mol. The number of carbonyl (C=O) groups excluding carboxylic acids is 2. The maximum absolute atomic E-state index is 12.1. The lowest BCUT2D eigenvalue weighted by Gasteiger charge is -2.18. The zero-order valence-corrected chi connectivity index (χ0v) is 13.7. The summed E-state index contributed by atoms with van der Waals surface area (Å²) in [5, 5.41) is 2.86. The normalized spacial score (nSPS) is 16.9. The van der Waals surface area contributed by atoms with E-state index in [-0.39, 0.29) is 24.3 Å². The number of anilines is 1. The van der Waals surface area contributed by atoms with E-state index in [0.717, 1.165) is 6.42 Å². The van der Waals surface area contributed by atoms with Gasteiger partial charge in [0.15, 0.2) is 6.61 Å². The molecule has 0 aromatic heterocycles. The highest BCUT2D eigenvalue weighted by atomic mass is 16.5. The first-order chi connectivity index (χ1) is 11.1. The van der Waals surface area contributed by atoms with Crippen LogP contribution >= 0.6 is 0 Å². The molecular weight excluding hydrogens is 296 g/mol. The Hall–Kier alpha value is -2.08. The fourth-order valence-electron chi connectivity index (χ4n) is 2.46. The lowest BCUT2D eigenvalue weighted by molar-refractivity contribution is -0.133. The third-order valence-corrected chi connectivity index (χ3v) is 3.88. The van der Waals surface area contributed by atoms with Crippen molar-refractivity contribution in [2.24, 2.45) is 5.92 Å². The molecule has 6 heteroatoms. The predicted octanol–water partition coefficient (Wildman–Crippen LogP) is 1.91. The van der Waals surface area contributed by atoms with E-state index < -0.39 is 0 Å². The molecular formula is C17H24N2O4. The van der Waals surface area contributed by atoms with Crippen molar-refractivity contribution in [2.45, 2.75) is 20.3 Å². The molecule has 1 aliphatic rings. The quantitative estimate of drug-likeness (QED) is 0.833. The van der Waals surface area contributed by atoms with Gasteiger partial charge < -0.3 is 19.7 Å². The second-order valence-corrected chi connectivity index (χ2v) is 5.43. The van der Waals surface area contributed by atoms with Gasteiger partial charge in [-0.3, -0.25) is 9.59 Å². The highest BCUT2D eigenvalue weighted by Crippen LogP contribution is 2.20. The smallest absolute Gasteiger partial charge is 0.260 e.